The second-order valence-electron chi connectivity index (χ2n) is 11.5. The summed E-state index contributed by atoms with van der Waals surface area (Å²) in [6.45, 7) is 1.68. The predicted molar refractivity (Wildman–Crippen MR) is 177 cm³/mol. The molecular formula is C37H33F3N4O4. The summed E-state index contributed by atoms with van der Waals surface area (Å²) in [5.41, 5.74) is 0.552. The van der Waals surface area contributed by atoms with Crippen molar-refractivity contribution in [3.8, 4) is 16.9 Å². The van der Waals surface area contributed by atoms with Crippen molar-refractivity contribution in [1.82, 2.24) is 20.1 Å². The molecule has 0 spiro atoms. The summed E-state index contributed by atoms with van der Waals surface area (Å²) in [5, 5.41) is 19.1. The topological polar surface area (TPSA) is 109 Å². The zero-order chi connectivity index (χ0) is 33.8. The Morgan fingerprint density at radius 3 is 2.40 bits per heavy atom. The van der Waals surface area contributed by atoms with Gasteiger partial charge in [-0.2, -0.15) is 18.3 Å². The van der Waals surface area contributed by atoms with Crippen LogP contribution in [-0.2, 0) is 30.4 Å². The van der Waals surface area contributed by atoms with Gasteiger partial charge in [0.25, 0.3) is 0 Å². The van der Waals surface area contributed by atoms with E-state index in [-0.39, 0.29) is 28.0 Å². The molecule has 6 rings (SSSR count). The Morgan fingerprint density at radius 2 is 1.62 bits per heavy atom. The first-order valence-electron chi connectivity index (χ1n) is 15.5. The van der Waals surface area contributed by atoms with E-state index in [1.807, 2.05) is 72.8 Å². The van der Waals surface area contributed by atoms with Crippen molar-refractivity contribution in [2.75, 3.05) is 13.2 Å². The Morgan fingerprint density at radius 1 is 0.917 bits per heavy atom. The van der Waals surface area contributed by atoms with Crippen LogP contribution in [0.4, 0.5) is 13.2 Å². The number of nitrogens with one attached hydrogen (secondary N) is 2. The number of aryl methyl sites for hydroxylation is 1. The number of rotatable bonds is 12. The summed E-state index contributed by atoms with van der Waals surface area (Å²) in [6.07, 6.45) is -3.49. The number of aromatic nitrogens is 3. The van der Waals surface area contributed by atoms with E-state index in [0.29, 0.717) is 49.1 Å². The van der Waals surface area contributed by atoms with Crippen LogP contribution >= 0.6 is 0 Å². The quantitative estimate of drug-likeness (QED) is 0.118. The molecular weight excluding hydrogens is 621 g/mol. The van der Waals surface area contributed by atoms with E-state index in [2.05, 4.69) is 15.4 Å². The predicted octanol–water partition coefficient (Wildman–Crippen LogP) is 7.58. The first kappa shape index (κ1) is 32.4. The molecule has 0 saturated heterocycles. The molecule has 0 aliphatic carbocycles. The number of carboxylic acids is 1. The van der Waals surface area contributed by atoms with Gasteiger partial charge in [0.15, 0.2) is 5.69 Å². The number of alkyl halides is 3. The average molecular weight is 655 g/mol. The fourth-order valence-electron chi connectivity index (χ4n) is 6.08. The van der Waals surface area contributed by atoms with Crippen molar-refractivity contribution < 1.29 is 32.6 Å². The summed E-state index contributed by atoms with van der Waals surface area (Å²) < 4.78 is 50.3. The highest BCUT2D eigenvalue weighted by molar-refractivity contribution is 6.03. The summed E-state index contributed by atoms with van der Waals surface area (Å²) in [5.74, 6) is -0.987. The van der Waals surface area contributed by atoms with Crippen LogP contribution in [0.1, 0.15) is 39.4 Å². The number of carboxylic acid groups (broad SMARTS) is 1. The number of H-pyrrole nitrogens is 1. The highest BCUT2D eigenvalue weighted by atomic mass is 19.4. The molecule has 2 aromatic heterocycles. The van der Waals surface area contributed by atoms with Gasteiger partial charge in [-0.25, -0.2) is 4.79 Å². The second-order valence-corrected chi connectivity index (χ2v) is 11.5. The number of aromatic amines is 1. The first-order chi connectivity index (χ1) is 23.1. The van der Waals surface area contributed by atoms with Crippen LogP contribution in [0.2, 0.25) is 0 Å². The van der Waals surface area contributed by atoms with Gasteiger partial charge < -0.3 is 20.1 Å². The first-order valence-corrected chi connectivity index (χ1v) is 15.5. The van der Waals surface area contributed by atoms with E-state index in [1.54, 1.807) is 12.1 Å². The van der Waals surface area contributed by atoms with Crippen LogP contribution in [0, 0.1) is 6.92 Å². The van der Waals surface area contributed by atoms with E-state index >= 15 is 0 Å². The van der Waals surface area contributed by atoms with Crippen LogP contribution in [-0.4, -0.2) is 44.9 Å². The number of para-hydroxylation sites is 1. The monoisotopic (exact) mass is 654 g/mol. The van der Waals surface area contributed by atoms with E-state index in [1.165, 1.54) is 13.0 Å². The van der Waals surface area contributed by atoms with Crippen molar-refractivity contribution in [3.05, 3.63) is 119 Å². The number of fused-ring (bicyclic) bond motifs is 2. The minimum atomic E-state index is -4.83. The molecule has 11 heteroatoms. The van der Waals surface area contributed by atoms with E-state index in [9.17, 15) is 27.9 Å². The maximum Gasteiger partial charge on any atom is 0.435 e. The standard InChI is InChI=1S/C37H33F3N4O4/c1-23-32(35(37(38,39)40)43-44(23)22-31(45)41-20-19-24-10-3-2-4-11-24)29-16-8-15-27-28(34(36(46)47)42-33(27)29)17-9-21-48-30-18-7-13-25-12-5-6-14-26(25)30/h2-8,10-16,18,42H,9,17,19-22H2,1H3,(H,41,45)(H,46,47). The molecule has 48 heavy (non-hydrogen) atoms. The smallest absolute Gasteiger partial charge is 0.435 e. The number of ether oxygens (including phenoxy) is 1. The van der Waals surface area contributed by atoms with Crippen molar-refractivity contribution >= 4 is 33.6 Å². The number of aromatic carboxylic acids is 1. The number of carbonyl (C=O) groups is 2. The number of hydrogen-bond donors (Lipinski definition) is 3. The molecule has 0 atom stereocenters. The van der Waals surface area contributed by atoms with Gasteiger partial charge in [0.2, 0.25) is 5.91 Å². The molecule has 0 saturated carbocycles. The molecule has 0 aliphatic heterocycles. The lowest BCUT2D eigenvalue weighted by Crippen LogP contribution is -2.30. The van der Waals surface area contributed by atoms with Crippen molar-refractivity contribution in [2.24, 2.45) is 0 Å². The Kier molecular flexibility index (Phi) is 9.20. The molecule has 8 nitrogen and oxygen atoms in total. The molecule has 4 aromatic carbocycles. The molecule has 0 unspecified atom stereocenters. The minimum absolute atomic E-state index is 0.0981. The van der Waals surface area contributed by atoms with Gasteiger partial charge in [0.1, 0.15) is 18.0 Å². The Hall–Kier alpha value is -5.58. The fraction of sp³-hybridized carbons (Fsp3) is 0.216. The SMILES string of the molecule is Cc1c(-c2cccc3c(CCCOc4cccc5ccccc45)c(C(=O)O)[nH]c23)c(C(F)(F)F)nn1CC(=O)NCCc1ccccc1. The molecule has 3 N–H and O–H groups in total. The molecule has 0 aliphatic rings. The third-order valence-electron chi connectivity index (χ3n) is 8.35. The Labute approximate surface area is 274 Å². The fourth-order valence-corrected chi connectivity index (χ4v) is 6.08. The largest absolute Gasteiger partial charge is 0.493 e. The summed E-state index contributed by atoms with van der Waals surface area (Å²) >= 11 is 0. The maximum absolute atomic E-state index is 14.4. The molecule has 0 bridgehead atoms. The lowest BCUT2D eigenvalue weighted by molar-refractivity contribution is -0.141. The van der Waals surface area contributed by atoms with Crippen LogP contribution in [0.25, 0.3) is 32.8 Å². The number of nitrogens with zero attached hydrogens (tertiary/aromatic N) is 2. The number of benzene rings is 4. The van der Waals surface area contributed by atoms with Gasteiger partial charge in [0, 0.05) is 34.1 Å². The van der Waals surface area contributed by atoms with Crippen molar-refractivity contribution in [1.29, 1.82) is 0 Å². The average Bonchev–Trinajstić information content (AvgIpc) is 3.61. The number of carbonyl (C=O) groups excluding carboxylic acids is 1. The molecule has 0 radical (unpaired) electrons. The molecule has 2 heterocycles. The van der Waals surface area contributed by atoms with E-state index in [0.717, 1.165) is 21.0 Å². The van der Waals surface area contributed by atoms with Crippen molar-refractivity contribution in [2.45, 2.75) is 38.9 Å². The van der Waals surface area contributed by atoms with E-state index < -0.39 is 30.3 Å². The minimum Gasteiger partial charge on any atom is -0.493 e. The summed E-state index contributed by atoms with van der Waals surface area (Å²) in [7, 11) is 0. The van der Waals surface area contributed by atoms with Crippen LogP contribution in [0.3, 0.4) is 0 Å². The number of hydrogen-bond acceptors (Lipinski definition) is 4. The van der Waals surface area contributed by atoms with Gasteiger partial charge in [-0.3, -0.25) is 9.48 Å². The Balaban J connectivity index is 1.26. The summed E-state index contributed by atoms with van der Waals surface area (Å²) in [4.78, 5) is 28.0. The molecule has 1 amide bonds. The number of halogens is 3. The zero-order valence-corrected chi connectivity index (χ0v) is 26.1. The van der Waals surface area contributed by atoms with Crippen LogP contribution in [0.15, 0.2) is 91.0 Å². The number of amides is 1. The van der Waals surface area contributed by atoms with Gasteiger partial charge in [-0.1, -0.05) is 84.9 Å². The zero-order valence-electron chi connectivity index (χ0n) is 26.1. The molecule has 0 fully saturated rings. The van der Waals surface area contributed by atoms with Crippen LogP contribution in [0.5, 0.6) is 5.75 Å². The van der Waals surface area contributed by atoms with Gasteiger partial charge in [0.05, 0.1) is 12.1 Å². The van der Waals surface area contributed by atoms with Crippen molar-refractivity contribution in [3.63, 3.8) is 0 Å². The van der Waals surface area contributed by atoms with E-state index in [4.69, 9.17) is 4.74 Å². The lowest BCUT2D eigenvalue weighted by atomic mass is 9.98. The van der Waals surface area contributed by atoms with Gasteiger partial charge >= 0.3 is 12.1 Å². The highest BCUT2D eigenvalue weighted by Crippen LogP contribution is 2.41. The third kappa shape index (κ3) is 6.76. The maximum atomic E-state index is 14.4. The molecule has 6 aromatic rings. The second kappa shape index (κ2) is 13.6. The van der Waals surface area contributed by atoms with Crippen LogP contribution < -0.4 is 10.1 Å². The Bertz CT molecular complexity index is 2100. The molecule has 246 valence electrons. The highest BCUT2D eigenvalue weighted by Gasteiger charge is 2.40. The summed E-state index contributed by atoms with van der Waals surface area (Å²) in [6, 6.07) is 27.9. The van der Waals surface area contributed by atoms with Gasteiger partial charge in [-0.05, 0) is 48.8 Å². The third-order valence-corrected chi connectivity index (χ3v) is 8.35. The lowest BCUT2D eigenvalue weighted by Gasteiger charge is -2.10. The van der Waals surface area contributed by atoms with Gasteiger partial charge in [-0.15, -0.1) is 0 Å². The normalized spacial score (nSPS) is 11.7.